The van der Waals surface area contributed by atoms with Gasteiger partial charge in [-0.3, -0.25) is 4.79 Å². The average molecular weight is 249 g/mol. The third-order valence-corrected chi connectivity index (χ3v) is 3.28. The molecule has 2 atom stereocenters. The number of carbonyl (C=O) groups excluding carboxylic acids is 1. The number of nitrogens with one attached hydrogen (secondary N) is 1. The summed E-state index contributed by atoms with van der Waals surface area (Å²) in [7, 11) is 1.63. The molecule has 2 unspecified atom stereocenters. The lowest BCUT2D eigenvalue weighted by Gasteiger charge is -2.16. The van der Waals surface area contributed by atoms with Crippen LogP contribution in [0.2, 0.25) is 0 Å². The number of hydrogen-bond donors (Lipinski definition) is 2. The SMILES string of the molecule is COCCC(C)SCC(NC(C)=O)C(=O)O. The topological polar surface area (TPSA) is 75.6 Å². The van der Waals surface area contributed by atoms with E-state index in [0.29, 0.717) is 17.6 Å². The molecule has 0 spiro atoms. The van der Waals surface area contributed by atoms with Crippen molar-refractivity contribution in [2.24, 2.45) is 0 Å². The van der Waals surface area contributed by atoms with Crippen molar-refractivity contribution in [2.45, 2.75) is 31.6 Å². The van der Waals surface area contributed by atoms with Crippen molar-refractivity contribution in [2.75, 3.05) is 19.5 Å². The minimum absolute atomic E-state index is 0.315. The van der Waals surface area contributed by atoms with Gasteiger partial charge in [-0.1, -0.05) is 6.92 Å². The van der Waals surface area contributed by atoms with Gasteiger partial charge in [-0.15, -0.1) is 0 Å². The monoisotopic (exact) mass is 249 g/mol. The van der Waals surface area contributed by atoms with Crippen LogP contribution in [0.3, 0.4) is 0 Å². The summed E-state index contributed by atoms with van der Waals surface area (Å²) in [4.78, 5) is 21.6. The van der Waals surface area contributed by atoms with Gasteiger partial charge in [0, 0.05) is 31.6 Å². The summed E-state index contributed by atoms with van der Waals surface area (Å²) < 4.78 is 4.93. The minimum atomic E-state index is -0.998. The van der Waals surface area contributed by atoms with E-state index >= 15 is 0 Å². The number of carboxylic acids is 1. The van der Waals surface area contributed by atoms with Crippen molar-refractivity contribution in [3.63, 3.8) is 0 Å². The van der Waals surface area contributed by atoms with E-state index in [1.54, 1.807) is 7.11 Å². The molecule has 0 aromatic carbocycles. The Morgan fingerprint density at radius 1 is 1.50 bits per heavy atom. The molecule has 1 amide bonds. The zero-order valence-corrected chi connectivity index (χ0v) is 10.7. The minimum Gasteiger partial charge on any atom is -0.480 e. The third kappa shape index (κ3) is 7.53. The van der Waals surface area contributed by atoms with Crippen LogP contribution in [0, 0.1) is 0 Å². The van der Waals surface area contributed by atoms with Crippen molar-refractivity contribution in [3.05, 3.63) is 0 Å². The van der Waals surface area contributed by atoms with Gasteiger partial charge in [0.05, 0.1) is 0 Å². The molecule has 5 nitrogen and oxygen atoms in total. The van der Waals surface area contributed by atoms with Gasteiger partial charge in [0.15, 0.2) is 0 Å². The highest BCUT2D eigenvalue weighted by Crippen LogP contribution is 2.15. The van der Waals surface area contributed by atoms with Crippen LogP contribution in [0.15, 0.2) is 0 Å². The third-order valence-electron chi connectivity index (χ3n) is 1.95. The van der Waals surface area contributed by atoms with Gasteiger partial charge < -0.3 is 15.2 Å². The standard InChI is InChI=1S/C10H19NO4S/c1-7(4-5-15-3)16-6-9(10(13)14)11-8(2)12/h7,9H,4-6H2,1-3H3,(H,11,12)(H,13,14). The van der Waals surface area contributed by atoms with Gasteiger partial charge in [0.1, 0.15) is 6.04 Å². The van der Waals surface area contributed by atoms with Gasteiger partial charge in [-0.25, -0.2) is 4.79 Å². The molecular weight excluding hydrogens is 230 g/mol. The van der Waals surface area contributed by atoms with Crippen LogP contribution in [-0.2, 0) is 14.3 Å². The summed E-state index contributed by atoms with van der Waals surface area (Å²) in [5, 5.41) is 11.6. The second-order valence-corrected chi connectivity index (χ2v) is 4.99. The van der Waals surface area contributed by atoms with Crippen molar-refractivity contribution in [3.8, 4) is 0 Å². The molecule has 2 N–H and O–H groups in total. The Kier molecular flexibility index (Phi) is 8.01. The molecule has 0 aliphatic rings. The fourth-order valence-corrected chi connectivity index (χ4v) is 2.06. The summed E-state index contributed by atoms with van der Waals surface area (Å²) in [6, 6.07) is -0.813. The van der Waals surface area contributed by atoms with Crippen molar-refractivity contribution in [1.29, 1.82) is 0 Å². The molecule has 0 aliphatic heterocycles. The van der Waals surface area contributed by atoms with Crippen LogP contribution < -0.4 is 5.32 Å². The largest absolute Gasteiger partial charge is 0.480 e. The van der Waals surface area contributed by atoms with Crippen LogP contribution in [0.25, 0.3) is 0 Å². The van der Waals surface area contributed by atoms with Crippen LogP contribution in [-0.4, -0.2) is 47.7 Å². The molecule has 0 radical (unpaired) electrons. The molecule has 0 aromatic rings. The van der Waals surface area contributed by atoms with E-state index in [0.717, 1.165) is 6.42 Å². The predicted molar refractivity (Wildman–Crippen MR) is 63.7 cm³/mol. The Morgan fingerprint density at radius 3 is 2.56 bits per heavy atom. The van der Waals surface area contributed by atoms with Gasteiger partial charge in [-0.2, -0.15) is 11.8 Å². The van der Waals surface area contributed by atoms with E-state index in [4.69, 9.17) is 9.84 Å². The first-order chi connectivity index (χ1) is 7.47. The molecular formula is C10H19NO4S. The molecule has 0 aromatic heterocycles. The molecule has 0 bridgehead atoms. The highest BCUT2D eigenvalue weighted by atomic mass is 32.2. The fourth-order valence-electron chi connectivity index (χ4n) is 1.05. The number of hydrogen-bond acceptors (Lipinski definition) is 4. The van der Waals surface area contributed by atoms with Crippen LogP contribution in [0.4, 0.5) is 0 Å². The van der Waals surface area contributed by atoms with Crippen LogP contribution in [0.1, 0.15) is 20.3 Å². The quantitative estimate of drug-likeness (QED) is 0.663. The van der Waals surface area contributed by atoms with Crippen molar-refractivity contribution >= 4 is 23.6 Å². The normalized spacial score (nSPS) is 14.2. The van der Waals surface area contributed by atoms with Crippen molar-refractivity contribution in [1.82, 2.24) is 5.32 Å². The Balaban J connectivity index is 3.92. The van der Waals surface area contributed by atoms with E-state index in [9.17, 15) is 9.59 Å². The first kappa shape index (κ1) is 15.2. The number of aliphatic carboxylic acids is 1. The van der Waals surface area contributed by atoms with E-state index in [1.165, 1.54) is 18.7 Å². The molecule has 0 saturated heterocycles. The van der Waals surface area contributed by atoms with Gasteiger partial charge >= 0.3 is 5.97 Å². The maximum Gasteiger partial charge on any atom is 0.327 e. The van der Waals surface area contributed by atoms with Crippen LogP contribution >= 0.6 is 11.8 Å². The second-order valence-electron chi connectivity index (χ2n) is 3.52. The number of carbonyl (C=O) groups is 2. The predicted octanol–water partition coefficient (Wildman–Crippen LogP) is 0.734. The van der Waals surface area contributed by atoms with E-state index in [2.05, 4.69) is 5.32 Å². The highest BCUT2D eigenvalue weighted by Gasteiger charge is 2.19. The Labute approximate surface area is 99.9 Å². The van der Waals surface area contributed by atoms with E-state index in [1.807, 2.05) is 6.92 Å². The Bertz CT molecular complexity index is 235. The zero-order valence-electron chi connectivity index (χ0n) is 9.86. The number of rotatable bonds is 8. The number of carboxylic acid groups (broad SMARTS) is 1. The molecule has 0 heterocycles. The number of ether oxygens (including phenoxy) is 1. The molecule has 0 saturated carbocycles. The molecule has 16 heavy (non-hydrogen) atoms. The summed E-state index contributed by atoms with van der Waals surface area (Å²) >= 11 is 1.52. The number of thioether (sulfide) groups is 1. The maximum absolute atomic E-state index is 10.8. The average Bonchev–Trinajstić information content (AvgIpc) is 2.20. The van der Waals surface area contributed by atoms with E-state index < -0.39 is 12.0 Å². The van der Waals surface area contributed by atoms with E-state index in [-0.39, 0.29) is 5.91 Å². The summed E-state index contributed by atoms with van der Waals surface area (Å²) in [6.45, 7) is 3.98. The number of amides is 1. The summed E-state index contributed by atoms with van der Waals surface area (Å²) in [5.74, 6) is -0.945. The maximum atomic E-state index is 10.8. The van der Waals surface area contributed by atoms with Crippen molar-refractivity contribution < 1.29 is 19.4 Å². The lowest BCUT2D eigenvalue weighted by Crippen LogP contribution is -2.41. The Morgan fingerprint density at radius 2 is 2.12 bits per heavy atom. The zero-order chi connectivity index (χ0) is 12.6. The highest BCUT2D eigenvalue weighted by molar-refractivity contribution is 7.99. The first-order valence-electron chi connectivity index (χ1n) is 5.07. The van der Waals surface area contributed by atoms with Gasteiger partial charge in [0.2, 0.25) is 5.91 Å². The Hall–Kier alpha value is -0.750. The second kappa shape index (κ2) is 8.41. The lowest BCUT2D eigenvalue weighted by atomic mass is 10.3. The lowest BCUT2D eigenvalue weighted by molar-refractivity contribution is -0.140. The van der Waals surface area contributed by atoms with Gasteiger partial charge in [-0.05, 0) is 6.42 Å². The molecule has 94 valence electrons. The molecule has 0 rings (SSSR count). The molecule has 0 fully saturated rings. The fraction of sp³-hybridized carbons (Fsp3) is 0.800. The van der Waals surface area contributed by atoms with Gasteiger partial charge in [0.25, 0.3) is 0 Å². The molecule has 6 heteroatoms. The molecule has 0 aliphatic carbocycles. The first-order valence-corrected chi connectivity index (χ1v) is 6.12. The van der Waals surface area contributed by atoms with Crippen LogP contribution in [0.5, 0.6) is 0 Å². The number of methoxy groups -OCH3 is 1. The summed E-state index contributed by atoms with van der Waals surface area (Å²) in [6.07, 6.45) is 0.869. The smallest absolute Gasteiger partial charge is 0.327 e. The summed E-state index contributed by atoms with van der Waals surface area (Å²) in [5.41, 5.74) is 0.